The molecule has 7 nitrogen and oxygen atoms in total. The van der Waals surface area contributed by atoms with Crippen molar-refractivity contribution >= 4 is 17.2 Å². The maximum absolute atomic E-state index is 12.9. The minimum absolute atomic E-state index is 0.0184. The summed E-state index contributed by atoms with van der Waals surface area (Å²) in [6.07, 6.45) is 5.91. The molecular formula is C24H30N4O3. The van der Waals surface area contributed by atoms with Gasteiger partial charge in [0.25, 0.3) is 0 Å². The van der Waals surface area contributed by atoms with Crippen molar-refractivity contribution in [2.45, 2.75) is 57.6 Å². The number of hydrogen-bond acceptors (Lipinski definition) is 6. The number of Topliss-reactive ketones (excluding diaryl/α,β-unsaturated/α-hetero) is 1. The van der Waals surface area contributed by atoms with Gasteiger partial charge in [-0.2, -0.15) is 9.61 Å². The van der Waals surface area contributed by atoms with Crippen LogP contribution < -0.4 is 4.90 Å². The molecule has 0 bridgehead atoms. The molecule has 1 unspecified atom stereocenters. The third kappa shape index (κ3) is 4.62. The van der Waals surface area contributed by atoms with Crippen LogP contribution in [0, 0.1) is 0 Å². The maximum Gasteiger partial charge on any atom is 0.168 e. The standard InChI is InChI=1S/C24H30N4O3/c1-24(2,31)18-8-6-17(7-9-18)21(30)15-19-16-23(28-22(26-19)10-12-25-28)27-13-4-3-5-20(27)11-14-29/h6-10,12,16,20,29,31H,3-5,11,13-15H2,1-2H3. The molecule has 1 fully saturated rings. The van der Waals surface area contributed by atoms with E-state index in [-0.39, 0.29) is 24.9 Å². The Kier molecular flexibility index (Phi) is 6.07. The van der Waals surface area contributed by atoms with Crippen molar-refractivity contribution in [1.82, 2.24) is 14.6 Å². The van der Waals surface area contributed by atoms with Crippen LogP contribution in [0.25, 0.3) is 5.65 Å². The lowest BCUT2D eigenvalue weighted by molar-refractivity contribution is 0.0784. The van der Waals surface area contributed by atoms with Gasteiger partial charge in [0.2, 0.25) is 0 Å². The number of nitrogens with zero attached hydrogens (tertiary/aromatic N) is 4. The van der Waals surface area contributed by atoms with Crippen LogP contribution in [-0.2, 0) is 12.0 Å². The second-order valence-electron chi connectivity index (χ2n) is 8.80. The van der Waals surface area contributed by atoms with Crippen LogP contribution in [0.1, 0.15) is 61.1 Å². The molecule has 3 aromatic rings. The Labute approximate surface area is 182 Å². The highest BCUT2D eigenvalue weighted by Crippen LogP contribution is 2.28. The smallest absolute Gasteiger partial charge is 0.168 e. The van der Waals surface area contributed by atoms with E-state index in [1.165, 1.54) is 0 Å². The second kappa shape index (κ2) is 8.77. The number of aromatic nitrogens is 3. The number of anilines is 1. The molecule has 1 aliphatic heterocycles. The van der Waals surface area contributed by atoms with Gasteiger partial charge >= 0.3 is 0 Å². The Hall–Kier alpha value is -2.77. The molecule has 7 heteroatoms. The number of fused-ring (bicyclic) bond motifs is 1. The zero-order valence-electron chi connectivity index (χ0n) is 18.2. The molecule has 0 saturated carbocycles. The maximum atomic E-state index is 12.9. The number of aliphatic hydroxyl groups excluding tert-OH is 1. The fourth-order valence-electron chi connectivity index (χ4n) is 4.32. The third-order valence-corrected chi connectivity index (χ3v) is 6.03. The molecule has 4 rings (SSSR count). The van der Waals surface area contributed by atoms with Crippen molar-refractivity contribution in [3.8, 4) is 0 Å². The fourth-order valence-corrected chi connectivity index (χ4v) is 4.32. The third-order valence-electron chi connectivity index (χ3n) is 6.03. The van der Waals surface area contributed by atoms with Crippen molar-refractivity contribution in [2.75, 3.05) is 18.1 Å². The summed E-state index contributed by atoms with van der Waals surface area (Å²) in [4.78, 5) is 19.9. The summed E-state index contributed by atoms with van der Waals surface area (Å²) in [6.45, 7) is 4.50. The molecule has 0 aliphatic carbocycles. The summed E-state index contributed by atoms with van der Waals surface area (Å²) in [5, 5.41) is 24.1. The van der Waals surface area contributed by atoms with Crippen molar-refractivity contribution in [3.05, 3.63) is 59.4 Å². The highest BCUT2D eigenvalue weighted by atomic mass is 16.3. The first-order chi connectivity index (χ1) is 14.9. The first kappa shape index (κ1) is 21.5. The van der Waals surface area contributed by atoms with Crippen LogP contribution >= 0.6 is 0 Å². The van der Waals surface area contributed by atoms with Crippen molar-refractivity contribution in [1.29, 1.82) is 0 Å². The quantitative estimate of drug-likeness (QED) is 0.569. The average Bonchev–Trinajstić information content (AvgIpc) is 3.22. The lowest BCUT2D eigenvalue weighted by Gasteiger charge is -2.37. The summed E-state index contributed by atoms with van der Waals surface area (Å²) < 4.78 is 1.82. The highest BCUT2D eigenvalue weighted by Gasteiger charge is 2.25. The topological polar surface area (TPSA) is 91.0 Å². The Bertz CT molecular complexity index is 1050. The first-order valence-corrected chi connectivity index (χ1v) is 10.9. The van der Waals surface area contributed by atoms with Gasteiger partial charge in [-0.1, -0.05) is 24.3 Å². The van der Waals surface area contributed by atoms with Gasteiger partial charge in [-0.25, -0.2) is 4.98 Å². The van der Waals surface area contributed by atoms with Crippen molar-refractivity contribution in [3.63, 3.8) is 0 Å². The first-order valence-electron chi connectivity index (χ1n) is 10.9. The minimum atomic E-state index is -0.940. The van der Waals surface area contributed by atoms with E-state index in [9.17, 15) is 15.0 Å². The molecule has 3 heterocycles. The molecular weight excluding hydrogens is 392 g/mol. The molecule has 0 radical (unpaired) electrons. The highest BCUT2D eigenvalue weighted by molar-refractivity contribution is 5.97. The Morgan fingerprint density at radius 2 is 1.97 bits per heavy atom. The molecule has 2 N–H and O–H groups in total. The van der Waals surface area contributed by atoms with E-state index in [1.54, 1.807) is 44.3 Å². The van der Waals surface area contributed by atoms with Gasteiger partial charge in [0.1, 0.15) is 5.82 Å². The molecule has 164 valence electrons. The largest absolute Gasteiger partial charge is 0.396 e. The van der Waals surface area contributed by atoms with Crippen LogP contribution in [0.3, 0.4) is 0 Å². The number of aliphatic hydroxyl groups is 2. The van der Waals surface area contributed by atoms with Gasteiger partial charge in [0, 0.05) is 36.9 Å². The van der Waals surface area contributed by atoms with Crippen molar-refractivity contribution in [2.24, 2.45) is 0 Å². The number of carbonyl (C=O) groups is 1. The van der Waals surface area contributed by atoms with Crippen LogP contribution in [0.15, 0.2) is 42.6 Å². The predicted octanol–water partition coefficient (Wildman–Crippen LogP) is 3.12. The minimum Gasteiger partial charge on any atom is -0.396 e. The lowest BCUT2D eigenvalue weighted by Crippen LogP contribution is -2.41. The number of carbonyl (C=O) groups excluding carboxylic acids is 1. The van der Waals surface area contributed by atoms with Gasteiger partial charge in [-0.3, -0.25) is 4.79 Å². The molecule has 0 spiro atoms. The summed E-state index contributed by atoms with van der Waals surface area (Å²) in [5.41, 5.74) is 1.84. The van der Waals surface area contributed by atoms with E-state index in [1.807, 2.05) is 16.6 Å². The fraction of sp³-hybridized carbons (Fsp3) is 0.458. The normalized spacial score (nSPS) is 17.3. The van der Waals surface area contributed by atoms with Gasteiger partial charge in [-0.15, -0.1) is 0 Å². The number of piperidine rings is 1. The predicted molar refractivity (Wildman–Crippen MR) is 119 cm³/mol. The van der Waals surface area contributed by atoms with Gasteiger partial charge in [0.05, 0.1) is 23.9 Å². The second-order valence-corrected chi connectivity index (χ2v) is 8.80. The zero-order valence-corrected chi connectivity index (χ0v) is 18.2. The van der Waals surface area contributed by atoms with E-state index in [0.29, 0.717) is 23.3 Å². The van der Waals surface area contributed by atoms with E-state index in [2.05, 4.69) is 15.0 Å². The molecule has 0 amide bonds. The molecule has 1 aromatic carbocycles. The van der Waals surface area contributed by atoms with Crippen LogP contribution in [0.4, 0.5) is 5.82 Å². The Balaban J connectivity index is 1.62. The van der Waals surface area contributed by atoms with Gasteiger partial charge in [-0.05, 0) is 45.1 Å². The van der Waals surface area contributed by atoms with Crippen LogP contribution in [-0.4, -0.2) is 49.8 Å². The lowest BCUT2D eigenvalue weighted by atomic mass is 9.96. The number of hydrogen-bond donors (Lipinski definition) is 2. The van der Waals surface area contributed by atoms with Gasteiger partial charge in [0.15, 0.2) is 11.4 Å². The summed E-state index contributed by atoms with van der Waals surface area (Å²) in [5.74, 6) is 0.906. The summed E-state index contributed by atoms with van der Waals surface area (Å²) in [7, 11) is 0. The average molecular weight is 423 g/mol. The monoisotopic (exact) mass is 422 g/mol. The van der Waals surface area contributed by atoms with Crippen molar-refractivity contribution < 1.29 is 15.0 Å². The number of rotatable bonds is 7. The summed E-state index contributed by atoms with van der Waals surface area (Å²) >= 11 is 0. The van der Waals surface area contributed by atoms with Crippen LogP contribution in [0.5, 0.6) is 0 Å². The number of benzene rings is 1. The SMILES string of the molecule is CC(C)(O)c1ccc(C(=O)Cc2cc(N3CCCCC3CCO)n3nccc3n2)cc1. The summed E-state index contributed by atoms with van der Waals surface area (Å²) in [6, 6.07) is 11.2. The zero-order chi connectivity index (χ0) is 22.0. The molecule has 1 aliphatic rings. The van der Waals surface area contributed by atoms with E-state index in [4.69, 9.17) is 0 Å². The Morgan fingerprint density at radius 3 is 2.68 bits per heavy atom. The van der Waals surface area contributed by atoms with E-state index < -0.39 is 5.60 Å². The molecule has 31 heavy (non-hydrogen) atoms. The Morgan fingerprint density at radius 1 is 1.19 bits per heavy atom. The van der Waals surface area contributed by atoms with E-state index in [0.717, 1.165) is 37.2 Å². The van der Waals surface area contributed by atoms with E-state index >= 15 is 0 Å². The molecule has 1 saturated heterocycles. The molecule has 2 aromatic heterocycles. The molecule has 1 atom stereocenters. The number of ketones is 1. The van der Waals surface area contributed by atoms with Crippen LogP contribution in [0.2, 0.25) is 0 Å². The van der Waals surface area contributed by atoms with Gasteiger partial charge < -0.3 is 15.1 Å².